The molecular formula is C22H19N3O3. The number of fused-ring (bicyclic) bond motifs is 4. The predicted molar refractivity (Wildman–Crippen MR) is 105 cm³/mol. The van der Waals surface area contributed by atoms with Gasteiger partial charge in [0, 0.05) is 34.6 Å². The average molecular weight is 373 g/mol. The number of benzene rings is 2. The van der Waals surface area contributed by atoms with Gasteiger partial charge in [-0.05, 0) is 35.9 Å². The van der Waals surface area contributed by atoms with Crippen molar-refractivity contribution in [1.82, 2.24) is 10.3 Å². The van der Waals surface area contributed by atoms with E-state index in [2.05, 4.69) is 16.4 Å². The molecule has 0 atom stereocenters. The Kier molecular flexibility index (Phi) is 3.97. The maximum absolute atomic E-state index is 13.3. The van der Waals surface area contributed by atoms with Gasteiger partial charge in [-0.15, -0.1) is 0 Å². The Morgan fingerprint density at radius 3 is 2.75 bits per heavy atom. The van der Waals surface area contributed by atoms with Crippen molar-refractivity contribution in [3.8, 4) is 11.8 Å². The van der Waals surface area contributed by atoms with Crippen LogP contribution in [-0.2, 0) is 10.2 Å². The van der Waals surface area contributed by atoms with Gasteiger partial charge in [0.15, 0.2) is 12.4 Å². The normalized spacial score (nSPS) is 14.1. The Morgan fingerprint density at radius 2 is 2.04 bits per heavy atom. The number of ether oxygens (including phenoxy) is 1. The molecular weight excluding hydrogens is 354 g/mol. The molecule has 1 amide bonds. The first-order valence-electron chi connectivity index (χ1n) is 8.95. The number of hydrogen-bond acceptors (Lipinski definition) is 4. The van der Waals surface area contributed by atoms with Crippen LogP contribution in [0.15, 0.2) is 36.4 Å². The summed E-state index contributed by atoms with van der Waals surface area (Å²) in [7, 11) is 1.55. The third-order valence-electron chi connectivity index (χ3n) is 5.34. The smallest absolute Gasteiger partial charge is 0.257 e. The van der Waals surface area contributed by atoms with Crippen molar-refractivity contribution in [3.05, 3.63) is 64.3 Å². The molecule has 4 rings (SSSR count). The molecule has 1 aliphatic carbocycles. The molecule has 0 fully saturated rings. The van der Waals surface area contributed by atoms with Crippen LogP contribution in [0.2, 0.25) is 0 Å². The number of rotatable bonds is 3. The summed E-state index contributed by atoms with van der Waals surface area (Å²) in [5.41, 5.74) is 3.76. The molecule has 0 aliphatic heterocycles. The lowest BCUT2D eigenvalue weighted by atomic mass is 9.71. The molecule has 0 unspecified atom stereocenters. The maximum Gasteiger partial charge on any atom is 0.257 e. The summed E-state index contributed by atoms with van der Waals surface area (Å²) >= 11 is 0. The zero-order chi connectivity index (χ0) is 20.1. The maximum atomic E-state index is 13.3. The van der Waals surface area contributed by atoms with E-state index in [0.717, 1.165) is 22.2 Å². The Morgan fingerprint density at radius 1 is 1.25 bits per heavy atom. The molecule has 2 N–H and O–H groups in total. The lowest BCUT2D eigenvalue weighted by Gasteiger charge is -2.32. The van der Waals surface area contributed by atoms with E-state index in [1.165, 1.54) is 0 Å². The van der Waals surface area contributed by atoms with Crippen LogP contribution in [0.1, 0.15) is 46.6 Å². The number of amides is 1. The number of ketones is 1. The molecule has 3 aromatic rings. The van der Waals surface area contributed by atoms with Gasteiger partial charge >= 0.3 is 0 Å². The van der Waals surface area contributed by atoms with Gasteiger partial charge in [-0.3, -0.25) is 9.59 Å². The van der Waals surface area contributed by atoms with Crippen LogP contribution in [0, 0.1) is 11.3 Å². The zero-order valence-electron chi connectivity index (χ0n) is 15.8. The van der Waals surface area contributed by atoms with E-state index in [9.17, 15) is 9.59 Å². The first kappa shape index (κ1) is 17.8. The Balaban J connectivity index is 1.84. The number of hydrogen-bond donors (Lipinski definition) is 2. The fourth-order valence-electron chi connectivity index (χ4n) is 3.79. The molecule has 1 heterocycles. The zero-order valence-corrected chi connectivity index (χ0v) is 15.8. The molecule has 0 radical (unpaired) electrons. The number of likely N-dealkylation sites (N-methyl/N-ethyl adjacent to an activating group) is 1. The molecule has 6 heteroatoms. The minimum atomic E-state index is -0.475. The van der Waals surface area contributed by atoms with Gasteiger partial charge in [-0.25, -0.2) is 0 Å². The highest BCUT2D eigenvalue weighted by Gasteiger charge is 2.39. The summed E-state index contributed by atoms with van der Waals surface area (Å²) in [5.74, 6) is 0.256. The first-order valence-corrected chi connectivity index (χ1v) is 8.95. The summed E-state index contributed by atoms with van der Waals surface area (Å²) in [6.45, 7) is 4.00. The van der Waals surface area contributed by atoms with Gasteiger partial charge in [0.2, 0.25) is 0 Å². The summed E-state index contributed by atoms with van der Waals surface area (Å²) in [6, 6.07) is 12.7. The molecule has 2 aromatic carbocycles. The van der Waals surface area contributed by atoms with Crippen LogP contribution in [0.25, 0.3) is 10.9 Å². The van der Waals surface area contributed by atoms with Gasteiger partial charge in [-0.1, -0.05) is 19.9 Å². The van der Waals surface area contributed by atoms with Gasteiger partial charge in [0.25, 0.3) is 5.91 Å². The molecule has 0 saturated carbocycles. The fraction of sp³-hybridized carbons (Fsp3) is 0.227. The van der Waals surface area contributed by atoms with Crippen molar-refractivity contribution in [2.75, 3.05) is 13.7 Å². The molecule has 0 bridgehead atoms. The van der Waals surface area contributed by atoms with E-state index >= 15 is 0 Å². The molecule has 1 aliphatic rings. The van der Waals surface area contributed by atoms with Crippen molar-refractivity contribution in [3.63, 3.8) is 0 Å². The van der Waals surface area contributed by atoms with Gasteiger partial charge < -0.3 is 15.0 Å². The Bertz CT molecular complexity index is 1180. The summed E-state index contributed by atoms with van der Waals surface area (Å²) in [5, 5.41) is 12.5. The van der Waals surface area contributed by atoms with E-state index in [0.29, 0.717) is 22.4 Å². The van der Waals surface area contributed by atoms with Crippen LogP contribution in [0.3, 0.4) is 0 Å². The van der Waals surface area contributed by atoms with Crippen LogP contribution >= 0.6 is 0 Å². The average Bonchev–Trinajstić information content (AvgIpc) is 3.10. The third-order valence-corrected chi connectivity index (χ3v) is 5.34. The minimum absolute atomic E-state index is 0.0573. The first-order chi connectivity index (χ1) is 13.4. The highest BCUT2D eigenvalue weighted by atomic mass is 16.5. The van der Waals surface area contributed by atoms with Gasteiger partial charge in [0.05, 0.1) is 17.2 Å². The number of aromatic amines is 1. The lowest BCUT2D eigenvalue weighted by Crippen LogP contribution is -2.30. The minimum Gasteiger partial charge on any atom is -0.484 e. The molecule has 140 valence electrons. The Hall–Kier alpha value is -3.59. The van der Waals surface area contributed by atoms with Crippen LogP contribution in [0.5, 0.6) is 5.75 Å². The second kappa shape index (κ2) is 6.24. The summed E-state index contributed by atoms with van der Waals surface area (Å²) in [4.78, 5) is 28.1. The van der Waals surface area contributed by atoms with Crippen LogP contribution in [-0.4, -0.2) is 30.3 Å². The van der Waals surface area contributed by atoms with E-state index in [1.807, 2.05) is 26.0 Å². The van der Waals surface area contributed by atoms with Crippen LogP contribution < -0.4 is 10.1 Å². The number of carbonyl (C=O) groups is 2. The monoisotopic (exact) mass is 373 g/mol. The number of carbonyl (C=O) groups excluding carboxylic acids is 2. The van der Waals surface area contributed by atoms with Crippen molar-refractivity contribution in [2.24, 2.45) is 0 Å². The third kappa shape index (κ3) is 2.55. The molecule has 6 nitrogen and oxygen atoms in total. The predicted octanol–water partition coefficient (Wildman–Crippen LogP) is 3.03. The van der Waals surface area contributed by atoms with E-state index in [4.69, 9.17) is 10.00 Å². The highest BCUT2D eigenvalue weighted by molar-refractivity contribution is 6.20. The fourth-order valence-corrected chi connectivity index (χ4v) is 3.79. The summed E-state index contributed by atoms with van der Waals surface area (Å²) in [6.07, 6.45) is 0. The molecule has 1 aromatic heterocycles. The van der Waals surface area contributed by atoms with Gasteiger partial charge in [0.1, 0.15) is 5.75 Å². The van der Waals surface area contributed by atoms with Crippen molar-refractivity contribution in [2.45, 2.75) is 19.3 Å². The molecule has 0 spiro atoms. The number of nitrogens with zero attached hydrogens (tertiary/aromatic N) is 1. The molecule has 28 heavy (non-hydrogen) atoms. The van der Waals surface area contributed by atoms with Gasteiger partial charge in [-0.2, -0.15) is 5.26 Å². The van der Waals surface area contributed by atoms with Crippen molar-refractivity contribution < 1.29 is 14.3 Å². The largest absolute Gasteiger partial charge is 0.484 e. The number of H-pyrrole nitrogens is 1. The van der Waals surface area contributed by atoms with E-state index < -0.39 is 5.41 Å². The molecule has 0 saturated heterocycles. The van der Waals surface area contributed by atoms with Crippen molar-refractivity contribution in [1.29, 1.82) is 5.26 Å². The Labute approximate surface area is 162 Å². The van der Waals surface area contributed by atoms with E-state index in [-0.39, 0.29) is 18.3 Å². The highest BCUT2D eigenvalue weighted by Crippen LogP contribution is 2.44. The lowest BCUT2D eigenvalue weighted by molar-refractivity contribution is -0.122. The standard InChI is InChI=1S/C22H19N3O3/c1-22(2)16-9-13(28-11-18(26)24-3)5-7-14(16)20(27)19-15-6-4-12(10-23)8-17(15)25-21(19)22/h4-9,25H,11H2,1-3H3,(H,24,26). The quantitative estimate of drug-likeness (QED) is 0.738. The second-order valence-electron chi connectivity index (χ2n) is 7.37. The number of nitrogens with one attached hydrogen (secondary N) is 2. The topological polar surface area (TPSA) is 95.0 Å². The second-order valence-corrected chi connectivity index (χ2v) is 7.37. The summed E-state index contributed by atoms with van der Waals surface area (Å²) < 4.78 is 5.56. The number of aromatic nitrogens is 1. The number of nitriles is 1. The van der Waals surface area contributed by atoms with E-state index in [1.54, 1.807) is 31.3 Å². The van der Waals surface area contributed by atoms with Crippen molar-refractivity contribution >= 4 is 22.6 Å². The van der Waals surface area contributed by atoms with Crippen LogP contribution in [0.4, 0.5) is 0 Å². The SMILES string of the molecule is CNC(=O)COc1ccc2c(c1)C(C)(C)c1[nH]c3cc(C#N)ccc3c1C2=O.